The normalized spacial score (nSPS) is 13.8. The lowest BCUT2D eigenvalue weighted by atomic mass is 9.93. The van der Waals surface area contributed by atoms with Gasteiger partial charge in [-0.1, -0.05) is 32.6 Å². The molecule has 0 aromatic heterocycles. The Labute approximate surface area is 123 Å². The smallest absolute Gasteiger partial charge is 0.353 e. The molecule has 0 saturated carbocycles. The summed E-state index contributed by atoms with van der Waals surface area (Å²) in [6.07, 6.45) is 0.933. The molecule has 4 nitrogen and oxygen atoms in total. The maximum absolute atomic E-state index is 12.2. The maximum Gasteiger partial charge on any atom is 0.353 e. The van der Waals surface area contributed by atoms with E-state index in [1.807, 2.05) is 6.92 Å². The van der Waals surface area contributed by atoms with Crippen LogP contribution < -0.4 is 0 Å². The van der Waals surface area contributed by atoms with E-state index in [9.17, 15) is 9.59 Å². The fourth-order valence-corrected chi connectivity index (χ4v) is 2.74. The van der Waals surface area contributed by atoms with Gasteiger partial charge in [-0.3, -0.25) is 10.2 Å². The van der Waals surface area contributed by atoms with E-state index < -0.39 is 25.6 Å². The number of esters is 1. The van der Waals surface area contributed by atoms with Crippen molar-refractivity contribution in [1.29, 1.82) is 5.41 Å². The van der Waals surface area contributed by atoms with Crippen molar-refractivity contribution in [1.82, 2.24) is 0 Å². The number of nitrogens with one attached hydrogen (secondary N) is 1. The molecule has 5 heteroatoms. The van der Waals surface area contributed by atoms with Gasteiger partial charge in [0, 0.05) is 14.5 Å². The molecular weight excluding hydrogens is 270 g/mol. The molecule has 0 aromatic rings. The molecule has 0 radical (unpaired) electrons. The minimum atomic E-state index is -1.29. The van der Waals surface area contributed by atoms with Gasteiger partial charge in [0.05, 0.1) is 5.92 Å². The van der Waals surface area contributed by atoms with Crippen molar-refractivity contribution in [2.75, 3.05) is 0 Å². The molecule has 0 spiro atoms. The van der Waals surface area contributed by atoms with E-state index >= 15 is 0 Å². The van der Waals surface area contributed by atoms with Crippen molar-refractivity contribution in [3.05, 3.63) is 0 Å². The van der Waals surface area contributed by atoms with Crippen LogP contribution in [0.25, 0.3) is 0 Å². The van der Waals surface area contributed by atoms with E-state index in [4.69, 9.17) is 10.1 Å². The van der Waals surface area contributed by atoms with Gasteiger partial charge in [0.2, 0.25) is 0 Å². The highest BCUT2D eigenvalue weighted by molar-refractivity contribution is 6.76. The monoisotopic (exact) mass is 299 g/mol. The molecule has 0 unspecified atom stereocenters. The predicted molar refractivity (Wildman–Crippen MR) is 85.1 cm³/mol. The zero-order valence-corrected chi connectivity index (χ0v) is 14.9. The van der Waals surface area contributed by atoms with Crippen molar-refractivity contribution >= 4 is 25.5 Å². The second kappa shape index (κ2) is 7.15. The molecule has 0 fully saturated rings. The van der Waals surface area contributed by atoms with E-state index in [-0.39, 0.29) is 11.5 Å². The van der Waals surface area contributed by atoms with Crippen LogP contribution in [0.3, 0.4) is 0 Å². The quantitative estimate of drug-likeness (QED) is 0.443. The zero-order valence-electron chi connectivity index (χ0n) is 13.9. The molecule has 0 amide bonds. The molecule has 0 aliphatic rings. The maximum atomic E-state index is 12.2. The Bertz CT molecular complexity index is 378. The Morgan fingerprint density at radius 2 is 1.70 bits per heavy atom. The first-order valence-corrected chi connectivity index (χ1v) is 10.9. The van der Waals surface area contributed by atoms with Gasteiger partial charge >= 0.3 is 5.97 Å². The number of hydrogen-bond donors (Lipinski definition) is 1. The fourth-order valence-electron chi connectivity index (χ4n) is 1.74. The molecule has 0 saturated heterocycles. The molecule has 0 rings (SSSR count). The van der Waals surface area contributed by atoms with Crippen LogP contribution in [0.4, 0.5) is 0 Å². The molecule has 0 heterocycles. The lowest BCUT2D eigenvalue weighted by Gasteiger charge is -2.22. The summed E-state index contributed by atoms with van der Waals surface area (Å²) in [5.41, 5.74) is -0.841. The summed E-state index contributed by atoms with van der Waals surface area (Å²) in [7, 11) is -1.29. The SMILES string of the molecule is CC[C@@H](C(=N)C(=O)OC(C)(C)C)C(=O)CC[Si](C)(C)C. The number of Topliss-reactive ketones (excluding diaryl/α,β-unsaturated/α-hetero) is 1. The Balaban J connectivity index is 4.70. The molecule has 20 heavy (non-hydrogen) atoms. The van der Waals surface area contributed by atoms with Gasteiger partial charge in [0.15, 0.2) is 0 Å². The largest absolute Gasteiger partial charge is 0.455 e. The van der Waals surface area contributed by atoms with Crippen molar-refractivity contribution in [2.45, 2.75) is 71.8 Å². The number of carbonyl (C=O) groups excluding carboxylic acids is 2. The Hall–Kier alpha value is -0.973. The summed E-state index contributed by atoms with van der Waals surface area (Å²) in [6.45, 7) is 13.7. The van der Waals surface area contributed by atoms with Crippen LogP contribution in [0.1, 0.15) is 40.5 Å². The summed E-state index contributed by atoms with van der Waals surface area (Å²) >= 11 is 0. The van der Waals surface area contributed by atoms with Gasteiger partial charge in [0.25, 0.3) is 0 Å². The average Bonchev–Trinajstić information content (AvgIpc) is 2.23. The van der Waals surface area contributed by atoms with Gasteiger partial charge < -0.3 is 4.74 Å². The third-order valence-corrected chi connectivity index (χ3v) is 4.64. The molecule has 0 bridgehead atoms. The topological polar surface area (TPSA) is 67.2 Å². The highest BCUT2D eigenvalue weighted by Crippen LogP contribution is 2.18. The van der Waals surface area contributed by atoms with Crippen molar-refractivity contribution < 1.29 is 14.3 Å². The second-order valence-corrected chi connectivity index (χ2v) is 13.0. The number of carbonyl (C=O) groups is 2. The minimum absolute atomic E-state index is 0.00853. The first-order chi connectivity index (χ1) is 8.87. The van der Waals surface area contributed by atoms with Gasteiger partial charge in [-0.05, 0) is 27.2 Å². The third kappa shape index (κ3) is 7.58. The van der Waals surface area contributed by atoms with Gasteiger partial charge in [-0.2, -0.15) is 0 Å². The number of ketones is 1. The van der Waals surface area contributed by atoms with Gasteiger partial charge in [-0.15, -0.1) is 0 Å². The zero-order chi connectivity index (χ0) is 16.1. The van der Waals surface area contributed by atoms with Crippen LogP contribution in [-0.4, -0.2) is 31.1 Å². The van der Waals surface area contributed by atoms with E-state index in [1.54, 1.807) is 20.8 Å². The lowest BCUT2D eigenvalue weighted by molar-refractivity contribution is -0.147. The van der Waals surface area contributed by atoms with E-state index in [0.717, 1.165) is 6.04 Å². The third-order valence-electron chi connectivity index (χ3n) is 2.89. The number of rotatable bonds is 7. The summed E-state index contributed by atoms with van der Waals surface area (Å²) in [5.74, 6) is -1.31. The second-order valence-electron chi connectivity index (χ2n) is 7.40. The van der Waals surface area contributed by atoms with E-state index in [0.29, 0.717) is 12.8 Å². The van der Waals surface area contributed by atoms with Crippen molar-refractivity contribution in [3.63, 3.8) is 0 Å². The number of hydrogen-bond acceptors (Lipinski definition) is 4. The summed E-state index contributed by atoms with van der Waals surface area (Å²) in [4.78, 5) is 24.1. The molecule has 0 aliphatic carbocycles. The van der Waals surface area contributed by atoms with E-state index in [2.05, 4.69) is 19.6 Å². The van der Waals surface area contributed by atoms with Crippen LogP contribution in [0.15, 0.2) is 0 Å². The first-order valence-electron chi connectivity index (χ1n) is 7.22. The van der Waals surface area contributed by atoms with Crippen LogP contribution in [0.2, 0.25) is 25.7 Å². The standard InChI is InChI=1S/C15H29NO3Si/c1-8-11(12(17)9-10-20(5,6)7)13(16)14(18)19-15(2,3)4/h11,16H,8-10H2,1-7H3/t11-/m1/s1. The molecule has 0 aromatic carbocycles. The summed E-state index contributed by atoms with van der Waals surface area (Å²) in [6, 6.07) is 0.893. The Morgan fingerprint density at radius 3 is 2.05 bits per heavy atom. The summed E-state index contributed by atoms with van der Waals surface area (Å²) in [5, 5.41) is 7.91. The molecule has 1 atom stereocenters. The van der Waals surface area contributed by atoms with Crippen LogP contribution >= 0.6 is 0 Å². The van der Waals surface area contributed by atoms with Crippen LogP contribution in [-0.2, 0) is 14.3 Å². The average molecular weight is 299 g/mol. The fraction of sp³-hybridized carbons (Fsp3) is 0.800. The van der Waals surface area contributed by atoms with Crippen LogP contribution in [0, 0.1) is 11.3 Å². The highest BCUT2D eigenvalue weighted by Gasteiger charge is 2.30. The lowest BCUT2D eigenvalue weighted by Crippen LogP contribution is -2.35. The minimum Gasteiger partial charge on any atom is -0.455 e. The number of ether oxygens (including phenoxy) is 1. The molecule has 116 valence electrons. The van der Waals surface area contributed by atoms with E-state index in [1.165, 1.54) is 0 Å². The van der Waals surface area contributed by atoms with Gasteiger partial charge in [-0.25, -0.2) is 4.79 Å². The highest BCUT2D eigenvalue weighted by atomic mass is 28.3. The van der Waals surface area contributed by atoms with Crippen LogP contribution in [0.5, 0.6) is 0 Å². The molecular formula is C15H29NO3Si. The molecule has 1 N–H and O–H groups in total. The van der Waals surface area contributed by atoms with Crippen molar-refractivity contribution in [3.8, 4) is 0 Å². The van der Waals surface area contributed by atoms with Crippen molar-refractivity contribution in [2.24, 2.45) is 5.92 Å². The summed E-state index contributed by atoms with van der Waals surface area (Å²) < 4.78 is 5.17. The molecule has 0 aliphatic heterocycles. The first kappa shape index (κ1) is 19.0. The Kier molecular flexibility index (Phi) is 6.81. The predicted octanol–water partition coefficient (Wildman–Crippen LogP) is 3.67. The Morgan fingerprint density at radius 1 is 1.20 bits per heavy atom. The van der Waals surface area contributed by atoms with Gasteiger partial charge in [0.1, 0.15) is 17.1 Å².